The van der Waals surface area contributed by atoms with Gasteiger partial charge in [0.1, 0.15) is 0 Å². The first-order valence-electron chi connectivity index (χ1n) is 9.71. The summed E-state index contributed by atoms with van der Waals surface area (Å²) in [6.45, 7) is 11.1. The van der Waals surface area contributed by atoms with Gasteiger partial charge in [-0.15, -0.1) is 0 Å². The molecule has 0 bridgehead atoms. The number of hydrogen-bond acceptors (Lipinski definition) is 4. The van der Waals surface area contributed by atoms with Crippen LogP contribution in [0, 0.1) is 0 Å². The first-order chi connectivity index (χ1) is 13.9. The molecular weight excluding hydrogens is 364 g/mol. The van der Waals surface area contributed by atoms with Crippen molar-refractivity contribution in [3.63, 3.8) is 0 Å². The standard InChI is InChI=1S/C25H26O4/c1-17(2)23(26)28-15-13-25(14-16-29-24(27)18(3)4)21-11-7-5-9-19(21)20-10-6-8-12-22(20)25/h5-12H,1,3,13-16H2,2,4H3. The maximum atomic E-state index is 11.9. The van der Waals surface area contributed by atoms with Gasteiger partial charge in [-0.1, -0.05) is 61.7 Å². The molecule has 0 spiro atoms. The molecule has 150 valence electrons. The van der Waals surface area contributed by atoms with Crippen molar-refractivity contribution in [3.05, 3.63) is 84.0 Å². The molecule has 0 radical (unpaired) electrons. The van der Waals surface area contributed by atoms with Gasteiger partial charge in [0.05, 0.1) is 13.2 Å². The summed E-state index contributed by atoms with van der Waals surface area (Å²) in [5.74, 6) is -0.790. The fraction of sp³-hybridized carbons (Fsp3) is 0.280. The zero-order valence-electron chi connectivity index (χ0n) is 17.0. The zero-order valence-corrected chi connectivity index (χ0v) is 17.0. The van der Waals surface area contributed by atoms with Crippen LogP contribution < -0.4 is 0 Å². The summed E-state index contributed by atoms with van der Waals surface area (Å²) in [5.41, 5.74) is 5.01. The number of fused-ring (bicyclic) bond motifs is 3. The molecule has 0 aromatic heterocycles. The summed E-state index contributed by atoms with van der Waals surface area (Å²) >= 11 is 0. The summed E-state index contributed by atoms with van der Waals surface area (Å²) in [5, 5.41) is 0. The van der Waals surface area contributed by atoms with Gasteiger partial charge in [0.25, 0.3) is 0 Å². The molecule has 29 heavy (non-hydrogen) atoms. The smallest absolute Gasteiger partial charge is 0.333 e. The fourth-order valence-electron chi connectivity index (χ4n) is 3.96. The SMILES string of the molecule is C=C(C)C(=O)OCCC1(CCOC(=O)C(=C)C)c2ccccc2-c2ccccc21. The van der Waals surface area contributed by atoms with Crippen LogP contribution in [0.4, 0.5) is 0 Å². The highest BCUT2D eigenvalue weighted by Gasteiger charge is 2.42. The van der Waals surface area contributed by atoms with E-state index in [1.165, 1.54) is 22.3 Å². The number of carbonyl (C=O) groups excluding carboxylic acids is 2. The Bertz CT molecular complexity index is 891. The van der Waals surface area contributed by atoms with Crippen molar-refractivity contribution in [2.45, 2.75) is 32.1 Å². The van der Waals surface area contributed by atoms with E-state index < -0.39 is 17.4 Å². The van der Waals surface area contributed by atoms with E-state index in [1.54, 1.807) is 13.8 Å². The first-order valence-corrected chi connectivity index (χ1v) is 9.71. The predicted molar refractivity (Wildman–Crippen MR) is 113 cm³/mol. The van der Waals surface area contributed by atoms with E-state index in [9.17, 15) is 9.59 Å². The average molecular weight is 390 g/mol. The molecule has 0 atom stereocenters. The van der Waals surface area contributed by atoms with E-state index in [0.717, 1.165) is 0 Å². The molecule has 3 rings (SSSR count). The van der Waals surface area contributed by atoms with Crippen LogP contribution in [-0.2, 0) is 24.5 Å². The lowest BCUT2D eigenvalue weighted by atomic mass is 9.73. The Labute approximate surface area is 171 Å². The van der Waals surface area contributed by atoms with E-state index >= 15 is 0 Å². The molecule has 0 saturated heterocycles. The molecule has 0 heterocycles. The number of carbonyl (C=O) groups is 2. The third-order valence-electron chi connectivity index (χ3n) is 5.40. The molecule has 4 nitrogen and oxygen atoms in total. The minimum Gasteiger partial charge on any atom is -0.462 e. The van der Waals surface area contributed by atoms with Crippen LogP contribution >= 0.6 is 0 Å². The highest BCUT2D eigenvalue weighted by Crippen LogP contribution is 2.52. The molecule has 2 aromatic carbocycles. The van der Waals surface area contributed by atoms with Gasteiger partial charge in [-0.25, -0.2) is 9.59 Å². The summed E-state index contributed by atoms with van der Waals surface area (Å²) in [7, 11) is 0. The maximum Gasteiger partial charge on any atom is 0.333 e. The number of benzene rings is 2. The minimum atomic E-state index is -0.405. The van der Waals surface area contributed by atoms with Crippen LogP contribution in [-0.4, -0.2) is 25.2 Å². The highest BCUT2D eigenvalue weighted by atomic mass is 16.5. The van der Waals surface area contributed by atoms with E-state index in [2.05, 4.69) is 37.4 Å². The monoisotopic (exact) mass is 390 g/mol. The van der Waals surface area contributed by atoms with Crippen LogP contribution in [0.15, 0.2) is 72.8 Å². The molecule has 0 N–H and O–H groups in total. The van der Waals surface area contributed by atoms with Crippen LogP contribution in [0.5, 0.6) is 0 Å². The Balaban J connectivity index is 1.94. The lowest BCUT2D eigenvalue weighted by molar-refractivity contribution is -0.139. The Hall–Kier alpha value is -3.14. The Morgan fingerprint density at radius 1 is 0.759 bits per heavy atom. The van der Waals surface area contributed by atoms with Crippen LogP contribution in [0.3, 0.4) is 0 Å². The number of hydrogen-bond donors (Lipinski definition) is 0. The fourth-order valence-corrected chi connectivity index (χ4v) is 3.96. The summed E-state index contributed by atoms with van der Waals surface area (Å²) < 4.78 is 10.9. The molecule has 0 unspecified atom stereocenters. The Kier molecular flexibility index (Phi) is 6.02. The van der Waals surface area contributed by atoms with Crippen molar-refractivity contribution in [2.75, 3.05) is 13.2 Å². The molecule has 1 aliphatic carbocycles. The molecule has 1 aliphatic rings. The zero-order chi connectivity index (χ0) is 21.0. The number of ether oxygens (including phenoxy) is 2. The maximum absolute atomic E-state index is 11.9. The lowest BCUT2D eigenvalue weighted by Crippen LogP contribution is -2.30. The molecule has 0 saturated carbocycles. The molecule has 0 amide bonds. The van der Waals surface area contributed by atoms with Gasteiger partial charge in [-0.3, -0.25) is 0 Å². The second-order valence-corrected chi connectivity index (χ2v) is 7.51. The van der Waals surface area contributed by atoms with Gasteiger partial charge < -0.3 is 9.47 Å². The normalized spacial score (nSPS) is 13.2. The second-order valence-electron chi connectivity index (χ2n) is 7.51. The van der Waals surface area contributed by atoms with Crippen molar-refractivity contribution < 1.29 is 19.1 Å². The van der Waals surface area contributed by atoms with Crippen molar-refractivity contribution >= 4 is 11.9 Å². The van der Waals surface area contributed by atoms with Crippen molar-refractivity contribution in [1.82, 2.24) is 0 Å². The van der Waals surface area contributed by atoms with Gasteiger partial charge in [-0.2, -0.15) is 0 Å². The van der Waals surface area contributed by atoms with Crippen LogP contribution in [0.1, 0.15) is 37.8 Å². The molecular formula is C25H26O4. The van der Waals surface area contributed by atoms with E-state index in [4.69, 9.17) is 9.47 Å². The van der Waals surface area contributed by atoms with Gasteiger partial charge in [0, 0.05) is 16.6 Å². The third-order valence-corrected chi connectivity index (χ3v) is 5.40. The summed E-state index contributed by atoms with van der Waals surface area (Å²) in [4.78, 5) is 23.8. The quantitative estimate of drug-likeness (QED) is 0.472. The second kappa shape index (κ2) is 8.48. The minimum absolute atomic E-state index is 0.253. The van der Waals surface area contributed by atoms with Crippen LogP contribution in [0.25, 0.3) is 11.1 Å². The highest BCUT2D eigenvalue weighted by molar-refractivity contribution is 5.87. The van der Waals surface area contributed by atoms with E-state index in [1.807, 2.05) is 24.3 Å². The van der Waals surface area contributed by atoms with Crippen molar-refractivity contribution in [1.29, 1.82) is 0 Å². The molecule has 0 aliphatic heterocycles. The number of esters is 2. The Morgan fingerprint density at radius 3 is 1.52 bits per heavy atom. The largest absolute Gasteiger partial charge is 0.462 e. The summed E-state index contributed by atoms with van der Waals surface area (Å²) in [6, 6.07) is 16.5. The van der Waals surface area contributed by atoms with Gasteiger partial charge >= 0.3 is 11.9 Å². The van der Waals surface area contributed by atoms with Gasteiger partial charge in [-0.05, 0) is 48.9 Å². The molecule has 0 fully saturated rings. The van der Waals surface area contributed by atoms with Crippen LogP contribution in [0.2, 0.25) is 0 Å². The number of rotatable bonds is 8. The average Bonchev–Trinajstić information content (AvgIpc) is 2.98. The van der Waals surface area contributed by atoms with Crippen molar-refractivity contribution in [2.24, 2.45) is 0 Å². The Morgan fingerprint density at radius 2 is 1.14 bits per heavy atom. The molecule has 2 aromatic rings. The topological polar surface area (TPSA) is 52.6 Å². The molecule has 4 heteroatoms. The lowest BCUT2D eigenvalue weighted by Gasteiger charge is -2.32. The van der Waals surface area contributed by atoms with E-state index in [-0.39, 0.29) is 13.2 Å². The third kappa shape index (κ3) is 4.02. The van der Waals surface area contributed by atoms with Gasteiger partial charge in [0.2, 0.25) is 0 Å². The summed E-state index contributed by atoms with van der Waals surface area (Å²) in [6.07, 6.45) is 1.18. The van der Waals surface area contributed by atoms with Gasteiger partial charge in [0.15, 0.2) is 0 Å². The van der Waals surface area contributed by atoms with E-state index in [0.29, 0.717) is 24.0 Å². The first kappa shape index (κ1) is 20.6. The van der Waals surface area contributed by atoms with Crippen molar-refractivity contribution in [3.8, 4) is 11.1 Å². The predicted octanol–water partition coefficient (Wildman–Crippen LogP) is 4.97.